The van der Waals surface area contributed by atoms with Crippen molar-refractivity contribution in [3.63, 3.8) is 0 Å². The number of aromatic amines is 1. The fourth-order valence-corrected chi connectivity index (χ4v) is 4.77. The molecule has 2 aliphatic heterocycles. The van der Waals surface area contributed by atoms with Crippen molar-refractivity contribution in [3.8, 4) is 11.4 Å². The first-order chi connectivity index (χ1) is 14.1. The number of thioether (sulfide) groups is 1. The second kappa shape index (κ2) is 7.27. The van der Waals surface area contributed by atoms with E-state index in [2.05, 4.69) is 24.2 Å². The zero-order chi connectivity index (χ0) is 20.0. The van der Waals surface area contributed by atoms with Gasteiger partial charge in [-0.3, -0.25) is 14.6 Å². The maximum atomic E-state index is 13.5. The van der Waals surface area contributed by atoms with Crippen molar-refractivity contribution in [3.05, 3.63) is 45.7 Å². The van der Waals surface area contributed by atoms with Crippen molar-refractivity contribution in [2.75, 3.05) is 29.1 Å². The highest BCUT2D eigenvalue weighted by atomic mass is 32.2. The normalized spacial score (nSPS) is 18.5. The highest BCUT2D eigenvalue weighted by Crippen LogP contribution is 2.35. The minimum absolute atomic E-state index is 0.106. The minimum atomic E-state index is -0.200. The molecule has 8 nitrogen and oxygen atoms in total. The Bertz CT molecular complexity index is 1140. The van der Waals surface area contributed by atoms with Crippen LogP contribution in [0.5, 0.6) is 0 Å². The third-order valence-corrected chi connectivity index (χ3v) is 6.42. The van der Waals surface area contributed by atoms with Crippen LogP contribution in [-0.4, -0.2) is 50.6 Å². The molecule has 0 aliphatic carbocycles. The number of hydrogen-bond donors (Lipinski definition) is 1. The fourth-order valence-electron chi connectivity index (χ4n) is 3.97. The number of rotatable bonds is 3. The third-order valence-electron chi connectivity index (χ3n) is 5.32. The lowest BCUT2D eigenvalue weighted by Gasteiger charge is -2.27. The Morgan fingerprint density at radius 1 is 1.31 bits per heavy atom. The van der Waals surface area contributed by atoms with Crippen molar-refractivity contribution in [2.45, 2.75) is 24.0 Å². The lowest BCUT2D eigenvalue weighted by Crippen LogP contribution is -2.39. The molecule has 2 aliphatic rings. The summed E-state index contributed by atoms with van der Waals surface area (Å²) in [6, 6.07) is 7.77. The monoisotopic (exact) mass is 426 g/mol. The molecule has 0 radical (unpaired) electrons. The van der Waals surface area contributed by atoms with Crippen LogP contribution in [0.4, 0.5) is 11.5 Å². The molecule has 1 fully saturated rings. The summed E-state index contributed by atoms with van der Waals surface area (Å²) in [7, 11) is 0. The summed E-state index contributed by atoms with van der Waals surface area (Å²) in [6.07, 6.45) is 5.67. The first kappa shape index (κ1) is 18.3. The first-order valence-electron chi connectivity index (χ1n) is 9.30. The average molecular weight is 427 g/mol. The van der Waals surface area contributed by atoms with Gasteiger partial charge in [-0.25, -0.2) is 9.97 Å². The van der Waals surface area contributed by atoms with Crippen LogP contribution in [0.1, 0.15) is 23.2 Å². The van der Waals surface area contributed by atoms with Crippen molar-refractivity contribution in [2.24, 2.45) is 0 Å². The van der Waals surface area contributed by atoms with Crippen molar-refractivity contribution in [1.82, 2.24) is 19.3 Å². The number of hydrogen-bond acceptors (Lipinski definition) is 8. The fraction of sp³-hybridized carbons (Fsp3) is 0.316. The second-order valence-corrected chi connectivity index (χ2v) is 8.50. The smallest absolute Gasteiger partial charge is 0.323 e. The number of nitrogens with one attached hydrogen (secondary N) is 1. The Kier molecular flexibility index (Phi) is 4.59. The Labute approximate surface area is 175 Å². The molecule has 0 unspecified atom stereocenters. The summed E-state index contributed by atoms with van der Waals surface area (Å²) in [5, 5.41) is 0.671. The van der Waals surface area contributed by atoms with Gasteiger partial charge >= 0.3 is 4.87 Å². The molecule has 148 valence electrons. The van der Waals surface area contributed by atoms with Crippen LogP contribution in [-0.2, 0) is 0 Å². The van der Waals surface area contributed by atoms with E-state index in [-0.39, 0.29) is 16.8 Å². The number of anilines is 2. The van der Waals surface area contributed by atoms with E-state index in [1.54, 1.807) is 11.1 Å². The van der Waals surface area contributed by atoms with E-state index in [1.807, 2.05) is 30.5 Å². The van der Waals surface area contributed by atoms with Gasteiger partial charge < -0.3 is 9.80 Å². The molecule has 1 aromatic carbocycles. The minimum Gasteiger partial charge on any atom is -0.351 e. The predicted octanol–water partition coefficient (Wildman–Crippen LogP) is 2.64. The maximum Gasteiger partial charge on any atom is 0.323 e. The Morgan fingerprint density at radius 3 is 3.00 bits per heavy atom. The van der Waals surface area contributed by atoms with Gasteiger partial charge in [0.1, 0.15) is 11.4 Å². The van der Waals surface area contributed by atoms with Crippen LogP contribution in [0, 0.1) is 0 Å². The van der Waals surface area contributed by atoms with Gasteiger partial charge in [0.25, 0.3) is 5.91 Å². The van der Waals surface area contributed by atoms with E-state index in [4.69, 9.17) is 0 Å². The van der Waals surface area contributed by atoms with Crippen molar-refractivity contribution < 1.29 is 4.79 Å². The van der Waals surface area contributed by atoms with Gasteiger partial charge in [0.05, 0.1) is 0 Å². The highest BCUT2D eigenvalue weighted by molar-refractivity contribution is 7.98. The van der Waals surface area contributed by atoms with E-state index in [0.29, 0.717) is 23.1 Å². The van der Waals surface area contributed by atoms with Gasteiger partial charge in [-0.2, -0.15) is 4.37 Å². The molecular formula is C19H18N6O2S2. The SMILES string of the molecule is CSc1ncc2c(n1)N1CCC[C@H]1CN(c1cccc(-c3nsc(=O)[nH]3)c1)C2=O. The first-order valence-corrected chi connectivity index (χ1v) is 11.3. The van der Waals surface area contributed by atoms with Gasteiger partial charge in [-0.1, -0.05) is 23.9 Å². The number of aromatic nitrogens is 4. The number of benzene rings is 1. The summed E-state index contributed by atoms with van der Waals surface area (Å²) >= 11 is 2.36. The molecule has 1 N–H and O–H groups in total. The molecule has 0 saturated carbocycles. The number of carbonyl (C=O) groups is 1. The van der Waals surface area contributed by atoms with E-state index in [1.165, 1.54) is 11.8 Å². The summed E-state index contributed by atoms with van der Waals surface area (Å²) in [5.41, 5.74) is 2.07. The third kappa shape index (κ3) is 3.22. The largest absolute Gasteiger partial charge is 0.351 e. The van der Waals surface area contributed by atoms with Gasteiger partial charge in [0.2, 0.25) is 0 Å². The molecule has 1 amide bonds. The van der Waals surface area contributed by atoms with Crippen LogP contribution < -0.4 is 14.7 Å². The number of fused-ring (bicyclic) bond motifs is 3. The zero-order valence-corrected chi connectivity index (χ0v) is 17.3. The molecule has 4 heterocycles. The van der Waals surface area contributed by atoms with Crippen molar-refractivity contribution >= 4 is 40.7 Å². The summed E-state index contributed by atoms with van der Waals surface area (Å²) < 4.78 is 4.16. The molecule has 3 aromatic rings. The quantitative estimate of drug-likeness (QED) is 0.508. The Morgan fingerprint density at radius 2 is 2.21 bits per heavy atom. The van der Waals surface area contributed by atoms with Crippen LogP contribution in [0.15, 0.2) is 40.4 Å². The number of H-pyrrole nitrogens is 1. The molecular weight excluding hydrogens is 408 g/mol. The van der Waals surface area contributed by atoms with Crippen LogP contribution in [0.2, 0.25) is 0 Å². The van der Waals surface area contributed by atoms with Crippen LogP contribution in [0.3, 0.4) is 0 Å². The second-order valence-electron chi connectivity index (χ2n) is 6.99. The number of carbonyl (C=O) groups excluding carboxylic acids is 1. The molecule has 10 heteroatoms. The van der Waals surface area contributed by atoms with Gasteiger partial charge in [0.15, 0.2) is 11.0 Å². The van der Waals surface area contributed by atoms with E-state index in [0.717, 1.165) is 48.0 Å². The standard InChI is InChI=1S/C19H18N6O2S2/c1-28-18-20-9-14-16(22-18)24-7-3-6-13(24)10-25(17(14)26)12-5-2-4-11(8-12)15-21-19(27)29-23-15/h2,4-5,8-9,13H,3,6-7,10H2,1H3,(H,21,23,27)/t13-/m0/s1. The topological polar surface area (TPSA) is 95.1 Å². The van der Waals surface area contributed by atoms with Gasteiger partial charge in [-0.05, 0) is 31.2 Å². The summed E-state index contributed by atoms with van der Waals surface area (Å²) in [4.78, 5) is 40.5. The molecule has 29 heavy (non-hydrogen) atoms. The number of amides is 1. The average Bonchev–Trinajstić information content (AvgIpc) is 3.37. The zero-order valence-electron chi connectivity index (χ0n) is 15.7. The van der Waals surface area contributed by atoms with Crippen LogP contribution in [0.25, 0.3) is 11.4 Å². The summed E-state index contributed by atoms with van der Waals surface area (Å²) in [5.74, 6) is 1.14. The van der Waals surface area contributed by atoms with E-state index in [9.17, 15) is 9.59 Å². The Balaban J connectivity index is 1.59. The highest BCUT2D eigenvalue weighted by Gasteiger charge is 2.37. The predicted molar refractivity (Wildman–Crippen MR) is 114 cm³/mol. The summed E-state index contributed by atoms with van der Waals surface area (Å²) in [6.45, 7) is 1.48. The number of nitrogens with zero attached hydrogens (tertiary/aromatic N) is 5. The molecule has 5 rings (SSSR count). The van der Waals surface area contributed by atoms with E-state index >= 15 is 0 Å². The maximum absolute atomic E-state index is 13.5. The van der Waals surface area contributed by atoms with Gasteiger partial charge in [-0.15, -0.1) is 0 Å². The molecule has 0 spiro atoms. The molecule has 1 saturated heterocycles. The lowest BCUT2D eigenvalue weighted by molar-refractivity contribution is 0.0988. The Hall–Kier alpha value is -2.72. The molecule has 1 atom stereocenters. The molecule has 0 bridgehead atoms. The van der Waals surface area contributed by atoms with E-state index < -0.39 is 0 Å². The molecule has 2 aromatic heterocycles. The van der Waals surface area contributed by atoms with Crippen molar-refractivity contribution in [1.29, 1.82) is 0 Å². The van der Waals surface area contributed by atoms with Crippen LogP contribution >= 0.6 is 23.3 Å². The lowest BCUT2D eigenvalue weighted by atomic mass is 10.1. The van der Waals surface area contributed by atoms with Gasteiger partial charge in [0, 0.05) is 48.1 Å².